The van der Waals surface area contributed by atoms with E-state index in [0.29, 0.717) is 6.07 Å². The first-order valence-electron chi connectivity index (χ1n) is 5.55. The molecule has 0 aliphatic heterocycles. The second-order valence-corrected chi connectivity index (χ2v) is 3.76. The van der Waals surface area contributed by atoms with Crippen LogP contribution >= 0.6 is 0 Å². The largest absolute Gasteiger partial charge is 0.492 e. The Morgan fingerprint density at radius 2 is 1.95 bits per heavy atom. The maximum atomic E-state index is 12.8. The number of hydrogen-bond acceptors (Lipinski definition) is 6. The fourth-order valence-electron chi connectivity index (χ4n) is 1.39. The summed E-state index contributed by atoms with van der Waals surface area (Å²) in [5.41, 5.74) is 5.09. The smallest absolute Gasteiger partial charge is 0.419 e. The molecule has 0 bridgehead atoms. The maximum Gasteiger partial charge on any atom is 0.419 e. The lowest BCUT2D eigenvalue weighted by atomic mass is 10.1. The van der Waals surface area contributed by atoms with Crippen molar-refractivity contribution in [1.29, 1.82) is 0 Å². The minimum absolute atomic E-state index is 0.304. The van der Waals surface area contributed by atoms with Crippen molar-refractivity contribution in [2.24, 2.45) is 11.6 Å². The number of nitrogens with one attached hydrogen (secondary N) is 1. The van der Waals surface area contributed by atoms with Gasteiger partial charge in [0.05, 0.1) is 18.6 Å². The average Bonchev–Trinajstić information content (AvgIpc) is 2.37. The summed E-state index contributed by atoms with van der Waals surface area (Å²) in [5.74, 6) is 2.38. The van der Waals surface area contributed by atoms with Gasteiger partial charge in [-0.15, -0.1) is 0 Å². The molecule has 0 atom stereocenters. The number of ether oxygens (including phenoxy) is 1. The van der Waals surface area contributed by atoms with E-state index in [9.17, 15) is 22.8 Å². The minimum atomic E-state index is -4.74. The number of carbonyl (C=O) groups excluding carboxylic acids is 2. The molecule has 10 heteroatoms. The third kappa shape index (κ3) is 4.93. The molecule has 1 aromatic carbocycles. The Morgan fingerprint density at radius 3 is 2.48 bits per heavy atom. The van der Waals surface area contributed by atoms with Crippen LogP contribution in [-0.2, 0) is 15.8 Å². The zero-order valence-electron chi connectivity index (χ0n) is 10.6. The summed E-state index contributed by atoms with van der Waals surface area (Å²) >= 11 is 0. The highest BCUT2D eigenvalue weighted by Gasteiger charge is 2.35. The number of benzene rings is 1. The molecule has 0 fully saturated rings. The van der Waals surface area contributed by atoms with Crippen LogP contribution in [0.5, 0.6) is 5.75 Å². The zero-order chi connectivity index (χ0) is 16.0. The summed E-state index contributed by atoms with van der Waals surface area (Å²) < 4.78 is 43.4. The average molecular weight is 307 g/mol. The van der Waals surface area contributed by atoms with E-state index in [0.717, 1.165) is 12.1 Å². The lowest BCUT2D eigenvalue weighted by Gasteiger charge is -2.14. The first kappa shape index (κ1) is 16.7. The normalized spacial score (nSPS) is 11.0. The monoisotopic (exact) mass is 307 g/mol. The van der Waals surface area contributed by atoms with Gasteiger partial charge in [-0.05, 0) is 18.2 Å². The van der Waals surface area contributed by atoms with Gasteiger partial charge < -0.3 is 15.3 Å². The highest BCUT2D eigenvalue weighted by atomic mass is 19.4. The Labute approximate surface area is 116 Å². The van der Waals surface area contributed by atoms with Crippen LogP contribution in [0.25, 0.3) is 0 Å². The summed E-state index contributed by atoms with van der Waals surface area (Å²) in [6, 6.07) is 2.62. The molecule has 116 valence electrons. The lowest BCUT2D eigenvalue weighted by Crippen LogP contribution is -2.27. The van der Waals surface area contributed by atoms with Gasteiger partial charge in [0.1, 0.15) is 5.75 Å². The van der Waals surface area contributed by atoms with Crippen LogP contribution in [-0.4, -0.2) is 18.5 Å². The minimum Gasteiger partial charge on any atom is -0.492 e. The van der Waals surface area contributed by atoms with E-state index in [1.165, 1.54) is 0 Å². The standard InChI is InChI=1S/C11H12F3N3O4/c12-11(13,14)7-5-6(10(15)19)1-2-8(7)20-4-3-9(18)21-17-16/h1-2,5,17H,3-4,16H2,(H2,15,19). The van der Waals surface area contributed by atoms with E-state index in [1.807, 2.05) is 0 Å². The highest BCUT2D eigenvalue weighted by Crippen LogP contribution is 2.36. The first-order valence-corrected chi connectivity index (χ1v) is 5.55. The van der Waals surface area contributed by atoms with Gasteiger partial charge in [-0.3, -0.25) is 9.59 Å². The van der Waals surface area contributed by atoms with Crippen LogP contribution in [0.4, 0.5) is 13.2 Å². The molecular weight excluding hydrogens is 295 g/mol. The van der Waals surface area contributed by atoms with Crippen LogP contribution in [0.15, 0.2) is 18.2 Å². The van der Waals surface area contributed by atoms with Crippen molar-refractivity contribution in [2.75, 3.05) is 6.61 Å². The molecule has 0 aromatic heterocycles. The second-order valence-electron chi connectivity index (χ2n) is 3.76. The predicted octanol–water partition coefficient (Wildman–Crippen LogP) is 0.495. The zero-order valence-corrected chi connectivity index (χ0v) is 10.6. The third-order valence-corrected chi connectivity index (χ3v) is 2.31. The first-order chi connectivity index (χ1) is 9.75. The van der Waals surface area contributed by atoms with Gasteiger partial charge in [0, 0.05) is 5.56 Å². The van der Waals surface area contributed by atoms with Gasteiger partial charge >= 0.3 is 12.1 Å². The summed E-state index contributed by atoms with van der Waals surface area (Å²) in [7, 11) is 0. The van der Waals surface area contributed by atoms with E-state index >= 15 is 0 Å². The number of carbonyl (C=O) groups is 2. The van der Waals surface area contributed by atoms with Gasteiger partial charge in [-0.2, -0.15) is 13.2 Å². The van der Waals surface area contributed by atoms with Crippen LogP contribution < -0.4 is 21.9 Å². The van der Waals surface area contributed by atoms with E-state index in [4.69, 9.17) is 16.3 Å². The lowest BCUT2D eigenvalue weighted by molar-refractivity contribution is -0.151. The number of nitrogens with two attached hydrogens (primary N) is 2. The Balaban J connectivity index is 2.86. The number of rotatable bonds is 6. The van der Waals surface area contributed by atoms with Crippen LogP contribution in [0.1, 0.15) is 22.3 Å². The molecule has 0 unspecified atom stereocenters. The molecule has 5 N–H and O–H groups in total. The van der Waals surface area contributed by atoms with Gasteiger partial charge in [0.15, 0.2) is 0 Å². The molecule has 1 rings (SSSR count). The van der Waals surface area contributed by atoms with Crippen LogP contribution in [0.3, 0.4) is 0 Å². The summed E-state index contributed by atoms with van der Waals surface area (Å²) in [5, 5.41) is 0. The number of alkyl halides is 3. The number of primary amides is 1. The fraction of sp³-hybridized carbons (Fsp3) is 0.273. The third-order valence-electron chi connectivity index (χ3n) is 2.31. The van der Waals surface area contributed by atoms with Crippen molar-refractivity contribution in [3.8, 4) is 5.75 Å². The molecule has 0 saturated carbocycles. The molecule has 0 spiro atoms. The molecule has 0 radical (unpaired) electrons. The summed E-state index contributed by atoms with van der Waals surface area (Å²) in [6.45, 7) is -0.362. The van der Waals surface area contributed by atoms with Gasteiger partial charge in [-0.25, -0.2) is 5.84 Å². The van der Waals surface area contributed by atoms with Gasteiger partial charge in [-0.1, -0.05) is 5.59 Å². The molecule has 0 aliphatic rings. The number of hydrazine groups is 1. The number of halogens is 3. The molecule has 0 saturated heterocycles. The number of amides is 1. The molecular formula is C11H12F3N3O4. The Bertz CT molecular complexity index is 534. The number of hydrogen-bond donors (Lipinski definition) is 3. The van der Waals surface area contributed by atoms with Crippen molar-refractivity contribution in [3.63, 3.8) is 0 Å². The molecule has 1 aromatic rings. The van der Waals surface area contributed by atoms with Crippen molar-refractivity contribution < 1.29 is 32.3 Å². The fourth-order valence-corrected chi connectivity index (χ4v) is 1.39. The van der Waals surface area contributed by atoms with Crippen molar-refractivity contribution in [2.45, 2.75) is 12.6 Å². The predicted molar refractivity (Wildman–Crippen MR) is 63.5 cm³/mol. The molecule has 1 amide bonds. The summed E-state index contributed by atoms with van der Waals surface area (Å²) in [4.78, 5) is 26.0. The van der Waals surface area contributed by atoms with Crippen molar-refractivity contribution in [1.82, 2.24) is 5.59 Å². The topological polar surface area (TPSA) is 117 Å². The Kier molecular flexibility index (Phi) is 5.50. The maximum absolute atomic E-state index is 12.8. The quantitative estimate of drug-likeness (QED) is 0.520. The highest BCUT2D eigenvalue weighted by molar-refractivity contribution is 5.93. The van der Waals surface area contributed by atoms with Gasteiger partial charge in [0.2, 0.25) is 5.91 Å². The van der Waals surface area contributed by atoms with Crippen molar-refractivity contribution >= 4 is 11.9 Å². The van der Waals surface area contributed by atoms with Crippen LogP contribution in [0.2, 0.25) is 0 Å². The molecule has 0 heterocycles. The second kappa shape index (κ2) is 6.90. The summed E-state index contributed by atoms with van der Waals surface area (Å²) in [6.07, 6.45) is -5.06. The molecule has 0 aliphatic carbocycles. The Hall–Kier alpha value is -2.33. The molecule has 21 heavy (non-hydrogen) atoms. The Morgan fingerprint density at radius 1 is 1.29 bits per heavy atom. The molecule has 7 nitrogen and oxygen atoms in total. The van der Waals surface area contributed by atoms with E-state index in [1.54, 1.807) is 5.59 Å². The van der Waals surface area contributed by atoms with E-state index in [-0.39, 0.29) is 18.6 Å². The van der Waals surface area contributed by atoms with E-state index < -0.39 is 29.4 Å². The van der Waals surface area contributed by atoms with Crippen molar-refractivity contribution in [3.05, 3.63) is 29.3 Å². The van der Waals surface area contributed by atoms with E-state index in [2.05, 4.69) is 4.84 Å². The van der Waals surface area contributed by atoms with Gasteiger partial charge in [0.25, 0.3) is 0 Å². The van der Waals surface area contributed by atoms with Crippen LogP contribution in [0, 0.1) is 0 Å². The SMILES string of the molecule is NNOC(=O)CCOc1ccc(C(N)=O)cc1C(F)(F)F.